The second kappa shape index (κ2) is 48.1. The number of nitrogens with two attached hydrogens (primary N) is 5. The highest BCUT2D eigenvalue weighted by atomic mass is 33.1. The SMILES string of the molecule is CCN(CC)CCNC(=O)c1c(C)[nH]c(/C=C2\C(=O)N(C(=O)c3c(C)cccc3CSSCC(=O)N[C@@H](CCN)C(=O)N[C@H](C(=O)N[C@@H](CCN)C(=O)N[C@H]3CCNC(=O)[C@H]([C@@H](C)O)NC(=O)[C@H](CCN)NC(=O)[C@H](CCN)NC(=O)[C@H](CC(C)C)NC(=O)[C@@H](Cc4ccccc4)NC(=O)[C@H](CCN)NC3=O)[C@@H](C)O)c3ccc(F)cc32)c1C. The third kappa shape index (κ3) is 28.2. The van der Waals surface area contributed by atoms with Gasteiger partial charge in [0.1, 0.15) is 66.2 Å². The molecule has 12 atom stereocenters. The number of imide groups is 1. The molecule has 1 saturated heterocycles. The van der Waals surface area contributed by atoms with Gasteiger partial charge in [-0.25, -0.2) is 9.29 Å². The van der Waals surface area contributed by atoms with E-state index in [9.17, 15) is 77.3 Å². The van der Waals surface area contributed by atoms with Gasteiger partial charge in [-0.15, -0.1) is 0 Å². The van der Waals surface area contributed by atoms with Crippen molar-refractivity contribution in [3.63, 3.8) is 0 Å². The summed E-state index contributed by atoms with van der Waals surface area (Å²) in [4.78, 5) is 206. The van der Waals surface area contributed by atoms with E-state index in [1.54, 1.807) is 83.1 Å². The Morgan fingerprint density at radius 2 is 1.21 bits per heavy atom. The number of aromatic nitrogens is 1. The standard InChI is InChI=1S/C80H117FN20O16S2/c1-10-100(11-2)35-34-88-76(113)65-44(6)59(89-45(65)7)39-52-51-38-50(81)20-21-62(51)101(79(52)116)80(117)64-43(5)16-15-19-49(64)40-118-119-41-63(104)90-53(22-28-82)72(109)99-67(47(9)103)78(115)95-56(25-31-85)69(106)94-58-27-33-87-77(114)66(46(8)102)98-73(110)57(26-32-86)92-68(105)54(23-29-83)93-74(111)60(36-42(3)4)96-75(112)61(37-48-17-13-12-14-18-48)97-70(107)55(24-30-84)91-71(58)108/h12-21,38-39,42,46-47,53-58,60-61,66-67,89,102-103H,10-11,22-37,40-41,82-86H2,1-9H3,(H,87,114)(H,88,113)(H,90,104)(H,91,108)(H,92,105)(H,93,111)(H,94,106)(H,95,115)(H,96,112)(H,97,107)(H,98,110)(H,99,109)/b52-39-/t46-,47-,53+,54+,55+,56+,57+,58+,60+,61-,66+,67+/m1/s1. The van der Waals surface area contributed by atoms with Crippen LogP contribution < -0.4 is 97.4 Å². The fourth-order valence-electron chi connectivity index (χ4n) is 13.5. The van der Waals surface area contributed by atoms with Gasteiger partial charge in [0.2, 0.25) is 65.0 Å². The quantitative estimate of drug-likeness (QED) is 0.0101. The Labute approximate surface area is 699 Å². The molecule has 1 aromatic heterocycles. The van der Waals surface area contributed by atoms with Gasteiger partial charge < -0.3 is 113 Å². The van der Waals surface area contributed by atoms with E-state index in [4.69, 9.17) is 28.7 Å². The highest BCUT2D eigenvalue weighted by Gasteiger charge is 2.42. The summed E-state index contributed by atoms with van der Waals surface area (Å²) in [7, 11) is 2.21. The maximum atomic E-state index is 15.1. The largest absolute Gasteiger partial charge is 0.391 e. The van der Waals surface area contributed by atoms with E-state index in [0.717, 1.165) is 58.6 Å². The number of aliphatic hydroxyl groups excluding tert-OH is 2. The molecule has 36 nitrogen and oxygen atoms in total. The van der Waals surface area contributed by atoms with Crippen LogP contribution in [0.2, 0.25) is 0 Å². The molecule has 119 heavy (non-hydrogen) atoms. The van der Waals surface area contributed by atoms with Crippen LogP contribution in [0.5, 0.6) is 0 Å². The average molecular weight is 1700 g/mol. The highest BCUT2D eigenvalue weighted by Crippen LogP contribution is 2.41. The van der Waals surface area contributed by atoms with Gasteiger partial charge in [-0.3, -0.25) is 67.1 Å². The van der Waals surface area contributed by atoms with Crippen molar-refractivity contribution in [1.82, 2.24) is 73.7 Å². The summed E-state index contributed by atoms with van der Waals surface area (Å²) >= 11 is 0. The number of nitrogens with zero attached hydrogens (tertiary/aromatic N) is 2. The van der Waals surface area contributed by atoms with Crippen molar-refractivity contribution in [2.45, 2.75) is 192 Å². The number of rotatable bonds is 36. The predicted octanol–water partition coefficient (Wildman–Crippen LogP) is -2.08. The van der Waals surface area contributed by atoms with Gasteiger partial charge in [0.05, 0.1) is 34.8 Å². The Morgan fingerprint density at radius 3 is 1.79 bits per heavy atom. The summed E-state index contributed by atoms with van der Waals surface area (Å²) < 4.78 is 15.1. The van der Waals surface area contributed by atoms with Gasteiger partial charge in [-0.1, -0.05) is 97.8 Å². The number of aliphatic hydroxyl groups is 2. The van der Waals surface area contributed by atoms with Crippen LogP contribution in [0.4, 0.5) is 10.1 Å². The number of nitrogens with one attached hydrogen (secondary N) is 13. The molecule has 0 unspecified atom stereocenters. The van der Waals surface area contributed by atoms with Crippen molar-refractivity contribution in [3.8, 4) is 0 Å². The third-order valence-electron chi connectivity index (χ3n) is 20.0. The van der Waals surface area contributed by atoms with Crippen LogP contribution in [0.25, 0.3) is 11.6 Å². The Balaban J connectivity index is 1.18. The molecule has 2 aliphatic heterocycles. The van der Waals surface area contributed by atoms with Crippen LogP contribution in [0, 0.1) is 32.5 Å². The fraction of sp³-hybridized carbons (Fsp3) is 0.525. The first-order valence-electron chi connectivity index (χ1n) is 39.8. The number of carbonyl (C=O) groups excluding carboxylic acids is 14. The number of benzene rings is 3. The van der Waals surface area contributed by atoms with Gasteiger partial charge in [0.15, 0.2) is 0 Å². The molecule has 3 aromatic carbocycles. The topological polar surface area (TPSA) is 576 Å². The first-order valence-corrected chi connectivity index (χ1v) is 42.3. The first-order chi connectivity index (χ1) is 56.6. The summed E-state index contributed by atoms with van der Waals surface area (Å²) in [5, 5.41) is 52.9. The summed E-state index contributed by atoms with van der Waals surface area (Å²) in [5.74, 6) is -13.4. The molecule has 4 aromatic rings. The lowest BCUT2D eigenvalue weighted by Crippen LogP contribution is -2.62. The van der Waals surface area contributed by atoms with Crippen molar-refractivity contribution >= 4 is 122 Å². The van der Waals surface area contributed by atoms with Gasteiger partial charge in [0.25, 0.3) is 17.7 Å². The summed E-state index contributed by atoms with van der Waals surface area (Å²) in [6.45, 7) is 16.2. The molecule has 1 fully saturated rings. The number of amides is 14. The minimum absolute atomic E-state index is 0.00384. The molecular formula is C80H117FN20O16S2. The first kappa shape index (κ1) is 97.6. The van der Waals surface area contributed by atoms with Crippen LogP contribution in [-0.4, -0.2) is 247 Å². The molecule has 39 heteroatoms. The summed E-state index contributed by atoms with van der Waals surface area (Å²) in [5.41, 5.74) is 33.6. The number of fused-ring (bicyclic) bond motifs is 1. The number of aromatic amines is 1. The van der Waals surface area contributed by atoms with Gasteiger partial charge >= 0.3 is 0 Å². The molecule has 0 radical (unpaired) electrons. The van der Waals surface area contributed by atoms with Crippen molar-refractivity contribution in [2.24, 2.45) is 34.6 Å². The predicted molar refractivity (Wildman–Crippen MR) is 450 cm³/mol. The van der Waals surface area contributed by atoms with Crippen molar-refractivity contribution < 1.29 is 81.7 Å². The molecular weight excluding hydrogens is 1580 g/mol. The molecule has 2 aliphatic rings. The van der Waals surface area contributed by atoms with Gasteiger partial charge in [0, 0.05) is 54.3 Å². The molecule has 0 spiro atoms. The number of hydrogen-bond donors (Lipinski definition) is 20. The minimum atomic E-state index is -1.84. The van der Waals surface area contributed by atoms with E-state index in [2.05, 4.69) is 73.7 Å². The molecule has 652 valence electrons. The normalized spacial score (nSPS) is 20.3. The molecule has 25 N–H and O–H groups in total. The minimum Gasteiger partial charge on any atom is -0.391 e. The van der Waals surface area contributed by atoms with E-state index < -0.39 is 168 Å². The lowest BCUT2D eigenvalue weighted by Gasteiger charge is -2.29. The lowest BCUT2D eigenvalue weighted by molar-refractivity contribution is -0.137. The van der Waals surface area contributed by atoms with E-state index in [1.807, 2.05) is 13.8 Å². The number of carbonyl (C=O) groups is 14. The Morgan fingerprint density at radius 1 is 0.639 bits per heavy atom. The van der Waals surface area contributed by atoms with Crippen LogP contribution in [0.3, 0.4) is 0 Å². The second-order valence-electron chi connectivity index (χ2n) is 29.5. The van der Waals surface area contributed by atoms with E-state index >= 15 is 4.39 Å². The molecule has 3 heterocycles. The Kier molecular flexibility index (Phi) is 39.5. The summed E-state index contributed by atoms with van der Waals surface area (Å²) in [6.07, 6.45) is -3.64. The van der Waals surface area contributed by atoms with Crippen LogP contribution in [0.1, 0.15) is 146 Å². The van der Waals surface area contributed by atoms with E-state index in [0.29, 0.717) is 52.3 Å². The number of aryl methyl sites for hydroxylation is 2. The summed E-state index contributed by atoms with van der Waals surface area (Å²) in [6, 6.07) is 1.61. The van der Waals surface area contributed by atoms with Crippen LogP contribution in [-0.2, 0) is 69.7 Å². The van der Waals surface area contributed by atoms with Crippen LogP contribution in [0.15, 0.2) is 66.7 Å². The number of H-pyrrole nitrogens is 1. The van der Waals surface area contributed by atoms with Crippen molar-refractivity contribution in [1.29, 1.82) is 0 Å². The highest BCUT2D eigenvalue weighted by molar-refractivity contribution is 8.76. The third-order valence-corrected chi connectivity index (χ3v) is 22.2. The van der Waals surface area contributed by atoms with E-state index in [1.165, 1.54) is 19.1 Å². The zero-order valence-electron chi connectivity index (χ0n) is 68.7. The van der Waals surface area contributed by atoms with Crippen LogP contribution >= 0.6 is 21.6 Å². The maximum Gasteiger partial charge on any atom is 0.266 e. The zero-order chi connectivity index (χ0) is 87.9. The molecule has 6 rings (SSSR count). The molecule has 14 amide bonds. The molecule has 0 aliphatic carbocycles. The van der Waals surface area contributed by atoms with Gasteiger partial charge in [-0.05, 0) is 178 Å². The number of hydrogen-bond acceptors (Lipinski definition) is 24. The van der Waals surface area contributed by atoms with Gasteiger partial charge in [-0.2, -0.15) is 0 Å². The zero-order valence-corrected chi connectivity index (χ0v) is 70.3. The monoisotopic (exact) mass is 1700 g/mol. The number of halogens is 1. The lowest BCUT2D eigenvalue weighted by atomic mass is 10.00. The maximum absolute atomic E-state index is 15.1. The Bertz CT molecular complexity index is 4260. The van der Waals surface area contributed by atoms with Crippen molar-refractivity contribution in [3.05, 3.63) is 123 Å². The van der Waals surface area contributed by atoms with E-state index in [-0.39, 0.29) is 123 Å². The fourth-order valence-corrected chi connectivity index (χ4v) is 15.5. The number of likely N-dealkylation sites (N-methyl/N-ethyl adjacent to an activating group) is 1. The van der Waals surface area contributed by atoms with Crippen molar-refractivity contribution in [2.75, 3.05) is 76.1 Å². The average Bonchev–Trinajstić information content (AvgIpc) is 1.60. The Hall–Kier alpha value is -10.2. The molecule has 0 bridgehead atoms. The molecule has 0 saturated carbocycles. The second-order valence-corrected chi connectivity index (χ2v) is 32.0. The number of anilines is 1. The smallest absolute Gasteiger partial charge is 0.266 e.